The van der Waals surface area contributed by atoms with Crippen LogP contribution in [0.15, 0.2) is 144 Å². The SMILES string of the molecule is CCc1c(-c2ccccc2)cc(-c2cccc(-c3ccc4c(c3)c3cccc5c3n4-c3cocc3C5(C)C)c2)nc1-c1ccccc1. The first-order chi connectivity index (χ1) is 23.0. The molecule has 0 amide bonds. The molecular weight excluding hydrogens is 572 g/mol. The van der Waals surface area contributed by atoms with E-state index in [1.807, 2.05) is 12.5 Å². The summed E-state index contributed by atoms with van der Waals surface area (Å²) in [5.74, 6) is 0. The summed E-state index contributed by atoms with van der Waals surface area (Å²) in [6.07, 6.45) is 4.71. The molecule has 0 unspecified atom stereocenters. The highest BCUT2D eigenvalue weighted by molar-refractivity contribution is 6.12. The van der Waals surface area contributed by atoms with E-state index in [0.717, 1.165) is 34.6 Å². The van der Waals surface area contributed by atoms with Gasteiger partial charge in [-0.3, -0.25) is 0 Å². The fourth-order valence-electron chi connectivity index (χ4n) is 7.72. The molecule has 0 radical (unpaired) electrons. The van der Waals surface area contributed by atoms with E-state index < -0.39 is 0 Å². The minimum atomic E-state index is -0.138. The average Bonchev–Trinajstić information content (AvgIpc) is 3.75. The van der Waals surface area contributed by atoms with Gasteiger partial charge in [-0.05, 0) is 64.1 Å². The molecule has 0 atom stereocenters. The zero-order valence-corrected chi connectivity index (χ0v) is 26.8. The average molecular weight is 607 g/mol. The van der Waals surface area contributed by atoms with Crippen molar-refractivity contribution in [3.8, 4) is 50.5 Å². The molecule has 0 saturated heterocycles. The van der Waals surface area contributed by atoms with Crippen LogP contribution >= 0.6 is 0 Å². The molecule has 8 aromatic rings. The smallest absolute Gasteiger partial charge is 0.115 e. The van der Waals surface area contributed by atoms with Gasteiger partial charge in [0.05, 0.1) is 34.4 Å². The largest absolute Gasteiger partial charge is 0.470 e. The summed E-state index contributed by atoms with van der Waals surface area (Å²) < 4.78 is 8.18. The van der Waals surface area contributed by atoms with E-state index in [1.165, 1.54) is 60.8 Å². The van der Waals surface area contributed by atoms with Crippen LogP contribution < -0.4 is 0 Å². The second-order valence-electron chi connectivity index (χ2n) is 13.1. The summed E-state index contributed by atoms with van der Waals surface area (Å²) in [6.45, 7) is 6.81. The van der Waals surface area contributed by atoms with E-state index in [2.05, 4.69) is 153 Å². The molecule has 1 aliphatic heterocycles. The van der Waals surface area contributed by atoms with Gasteiger partial charge in [0.25, 0.3) is 0 Å². The van der Waals surface area contributed by atoms with E-state index in [1.54, 1.807) is 0 Å². The molecular formula is C44H34N2O. The summed E-state index contributed by atoms with van der Waals surface area (Å²) in [5, 5.41) is 2.52. The molecule has 1 aliphatic rings. The Balaban J connectivity index is 1.22. The van der Waals surface area contributed by atoms with Crippen molar-refractivity contribution >= 4 is 21.8 Å². The van der Waals surface area contributed by atoms with Crippen LogP contribution in [0, 0.1) is 0 Å². The zero-order valence-electron chi connectivity index (χ0n) is 26.8. The maximum absolute atomic E-state index is 5.79. The number of nitrogens with zero attached hydrogens (tertiary/aromatic N) is 2. The number of pyridine rings is 1. The first-order valence-corrected chi connectivity index (χ1v) is 16.4. The van der Waals surface area contributed by atoms with Crippen LogP contribution in [-0.4, -0.2) is 9.55 Å². The van der Waals surface area contributed by atoms with Crippen molar-refractivity contribution in [1.29, 1.82) is 0 Å². The highest BCUT2D eigenvalue weighted by Crippen LogP contribution is 2.48. The molecule has 0 spiro atoms. The van der Waals surface area contributed by atoms with Crippen molar-refractivity contribution in [2.24, 2.45) is 0 Å². The molecule has 3 aromatic heterocycles. The number of hydrogen-bond donors (Lipinski definition) is 0. The van der Waals surface area contributed by atoms with Crippen LogP contribution in [0.4, 0.5) is 0 Å². The molecule has 47 heavy (non-hydrogen) atoms. The van der Waals surface area contributed by atoms with Crippen molar-refractivity contribution in [1.82, 2.24) is 9.55 Å². The Hall–Kier alpha value is -5.67. The second-order valence-corrected chi connectivity index (χ2v) is 13.1. The number of benzene rings is 5. The standard InChI is InChI=1S/C44H34N2O/c1-4-33-35(28-13-7-5-8-14-28)25-39(45-42(33)29-15-9-6-10-16-29)32-18-11-17-30(23-32)31-21-22-40-36(24-31)34-19-12-20-37-43(34)46(40)41-27-47-26-38(41)44(37,2)3/h5-27H,4H2,1-3H3. The van der Waals surface area contributed by atoms with Gasteiger partial charge in [-0.2, -0.15) is 0 Å². The highest BCUT2D eigenvalue weighted by Gasteiger charge is 2.36. The topological polar surface area (TPSA) is 31.0 Å². The molecule has 5 aromatic carbocycles. The lowest BCUT2D eigenvalue weighted by Gasteiger charge is -2.31. The lowest BCUT2D eigenvalue weighted by atomic mass is 9.76. The number of hydrogen-bond acceptors (Lipinski definition) is 2. The van der Waals surface area contributed by atoms with Crippen molar-refractivity contribution in [3.05, 3.63) is 157 Å². The normalized spacial score (nSPS) is 13.3. The Kier molecular flexibility index (Phi) is 6.13. The Morgan fingerprint density at radius 2 is 1.32 bits per heavy atom. The van der Waals surface area contributed by atoms with Crippen LogP contribution in [0.2, 0.25) is 0 Å². The lowest BCUT2D eigenvalue weighted by Crippen LogP contribution is -2.24. The lowest BCUT2D eigenvalue weighted by molar-refractivity contribution is 0.550. The number of fused-ring (bicyclic) bond motifs is 5. The van der Waals surface area contributed by atoms with Crippen LogP contribution in [0.1, 0.15) is 37.5 Å². The molecule has 3 heteroatoms. The first kappa shape index (κ1) is 27.6. The quantitative estimate of drug-likeness (QED) is 0.195. The van der Waals surface area contributed by atoms with E-state index in [4.69, 9.17) is 9.40 Å². The Bertz CT molecular complexity index is 2400. The summed E-state index contributed by atoms with van der Waals surface area (Å²) in [6, 6.07) is 46.0. The Labute approximate surface area is 274 Å². The minimum absolute atomic E-state index is 0.138. The van der Waals surface area contributed by atoms with Gasteiger partial charge in [-0.15, -0.1) is 0 Å². The molecule has 226 valence electrons. The minimum Gasteiger partial charge on any atom is -0.470 e. The molecule has 0 bridgehead atoms. The van der Waals surface area contributed by atoms with Gasteiger partial charge < -0.3 is 8.98 Å². The zero-order chi connectivity index (χ0) is 31.7. The van der Waals surface area contributed by atoms with E-state index in [0.29, 0.717) is 0 Å². The first-order valence-electron chi connectivity index (χ1n) is 16.4. The van der Waals surface area contributed by atoms with E-state index >= 15 is 0 Å². The third-order valence-corrected chi connectivity index (χ3v) is 10.1. The third kappa shape index (κ3) is 4.16. The Morgan fingerprint density at radius 3 is 2.11 bits per heavy atom. The number of rotatable bonds is 5. The molecule has 3 nitrogen and oxygen atoms in total. The van der Waals surface area contributed by atoms with Gasteiger partial charge in [0, 0.05) is 32.9 Å². The van der Waals surface area contributed by atoms with Crippen LogP contribution in [0.3, 0.4) is 0 Å². The molecule has 0 aliphatic carbocycles. The molecule has 9 rings (SSSR count). The van der Waals surface area contributed by atoms with Gasteiger partial charge in [0.2, 0.25) is 0 Å². The molecule has 0 fully saturated rings. The van der Waals surface area contributed by atoms with Crippen molar-refractivity contribution in [2.75, 3.05) is 0 Å². The van der Waals surface area contributed by atoms with Crippen LogP contribution in [0.5, 0.6) is 0 Å². The van der Waals surface area contributed by atoms with Gasteiger partial charge in [-0.25, -0.2) is 4.98 Å². The van der Waals surface area contributed by atoms with Gasteiger partial charge >= 0.3 is 0 Å². The Morgan fingerprint density at radius 1 is 0.617 bits per heavy atom. The fraction of sp³-hybridized carbons (Fsp3) is 0.114. The predicted octanol–water partition coefficient (Wildman–Crippen LogP) is 11.6. The maximum atomic E-state index is 5.79. The third-order valence-electron chi connectivity index (χ3n) is 10.1. The highest BCUT2D eigenvalue weighted by atomic mass is 16.3. The van der Waals surface area contributed by atoms with Gasteiger partial charge in [-0.1, -0.05) is 124 Å². The summed E-state index contributed by atoms with van der Waals surface area (Å²) in [5.41, 5.74) is 16.4. The molecule has 4 heterocycles. The summed E-state index contributed by atoms with van der Waals surface area (Å²) in [4.78, 5) is 5.34. The number of aromatic nitrogens is 2. The predicted molar refractivity (Wildman–Crippen MR) is 194 cm³/mol. The van der Waals surface area contributed by atoms with Crippen molar-refractivity contribution in [2.45, 2.75) is 32.6 Å². The maximum Gasteiger partial charge on any atom is 0.115 e. The second kappa shape index (κ2) is 10.4. The van der Waals surface area contributed by atoms with Crippen LogP contribution in [-0.2, 0) is 11.8 Å². The fourth-order valence-corrected chi connectivity index (χ4v) is 7.72. The number of furan rings is 1. The summed E-state index contributed by atoms with van der Waals surface area (Å²) in [7, 11) is 0. The van der Waals surface area contributed by atoms with Crippen LogP contribution in [0.25, 0.3) is 72.3 Å². The van der Waals surface area contributed by atoms with Crippen molar-refractivity contribution < 1.29 is 4.42 Å². The van der Waals surface area contributed by atoms with E-state index in [9.17, 15) is 0 Å². The van der Waals surface area contributed by atoms with Gasteiger partial charge in [0.1, 0.15) is 6.26 Å². The van der Waals surface area contributed by atoms with E-state index in [-0.39, 0.29) is 5.41 Å². The van der Waals surface area contributed by atoms with Crippen molar-refractivity contribution in [3.63, 3.8) is 0 Å². The molecule has 0 N–H and O–H groups in total. The van der Waals surface area contributed by atoms with Gasteiger partial charge in [0.15, 0.2) is 0 Å². The molecule has 0 saturated carbocycles. The monoisotopic (exact) mass is 606 g/mol. The summed E-state index contributed by atoms with van der Waals surface area (Å²) >= 11 is 0. The number of para-hydroxylation sites is 1.